The largest absolute Gasteiger partial charge is 0.315 e. The summed E-state index contributed by atoms with van der Waals surface area (Å²) in [5, 5.41) is 3.49. The van der Waals surface area contributed by atoms with Crippen LogP contribution in [0.15, 0.2) is 0 Å². The highest BCUT2D eigenvalue weighted by Crippen LogP contribution is 2.09. The minimum absolute atomic E-state index is 0.677. The monoisotopic (exact) mass is 255 g/mol. The fraction of sp³-hybridized carbons (Fsp3) is 1.00. The Morgan fingerprint density at radius 2 is 1.72 bits per heavy atom. The highest BCUT2D eigenvalue weighted by molar-refractivity contribution is 4.75. The summed E-state index contributed by atoms with van der Waals surface area (Å²) in [5.74, 6) is 0. The van der Waals surface area contributed by atoms with Crippen LogP contribution < -0.4 is 5.32 Å². The second-order valence-corrected chi connectivity index (χ2v) is 5.74. The Morgan fingerprint density at radius 1 is 1.06 bits per heavy atom. The maximum absolute atomic E-state index is 3.49. The molecule has 1 N–H and O–H groups in total. The summed E-state index contributed by atoms with van der Waals surface area (Å²) in [7, 11) is 0. The highest BCUT2D eigenvalue weighted by Gasteiger charge is 2.19. The molecule has 0 bridgehead atoms. The molecule has 0 aromatic rings. The summed E-state index contributed by atoms with van der Waals surface area (Å²) in [6.07, 6.45) is 3.91. The molecule has 108 valence electrons. The molecule has 0 saturated carbocycles. The van der Waals surface area contributed by atoms with Crippen LogP contribution in [-0.4, -0.2) is 61.2 Å². The van der Waals surface area contributed by atoms with Crippen molar-refractivity contribution < 1.29 is 0 Å². The average molecular weight is 255 g/mol. The summed E-state index contributed by atoms with van der Waals surface area (Å²) in [6.45, 7) is 16.6. The first kappa shape index (κ1) is 15.9. The molecule has 1 fully saturated rings. The fourth-order valence-electron chi connectivity index (χ4n) is 2.76. The SMILES string of the molecule is CCNC(C)CCCN1CCN(C(C)CC)CC1. The van der Waals surface area contributed by atoms with Crippen molar-refractivity contribution in [3.63, 3.8) is 0 Å². The summed E-state index contributed by atoms with van der Waals surface area (Å²) >= 11 is 0. The summed E-state index contributed by atoms with van der Waals surface area (Å²) in [6, 6.07) is 1.44. The third-order valence-electron chi connectivity index (χ3n) is 4.29. The van der Waals surface area contributed by atoms with Crippen molar-refractivity contribution in [1.82, 2.24) is 15.1 Å². The van der Waals surface area contributed by atoms with Crippen LogP contribution in [0.4, 0.5) is 0 Å². The number of nitrogens with zero attached hydrogens (tertiary/aromatic N) is 2. The molecular formula is C15H33N3. The zero-order chi connectivity index (χ0) is 13.4. The van der Waals surface area contributed by atoms with Crippen molar-refractivity contribution in [3.8, 4) is 0 Å². The molecule has 3 heteroatoms. The first-order valence-corrected chi connectivity index (χ1v) is 7.87. The van der Waals surface area contributed by atoms with Crippen LogP contribution >= 0.6 is 0 Å². The van der Waals surface area contributed by atoms with E-state index in [-0.39, 0.29) is 0 Å². The predicted molar refractivity (Wildman–Crippen MR) is 80.1 cm³/mol. The van der Waals surface area contributed by atoms with Crippen LogP contribution in [0.5, 0.6) is 0 Å². The zero-order valence-electron chi connectivity index (χ0n) is 12.9. The van der Waals surface area contributed by atoms with Crippen LogP contribution in [0.1, 0.15) is 47.0 Å². The molecule has 1 rings (SSSR count). The van der Waals surface area contributed by atoms with Crippen LogP contribution in [0.3, 0.4) is 0 Å². The Kier molecular flexibility index (Phi) is 7.87. The third kappa shape index (κ3) is 5.68. The van der Waals surface area contributed by atoms with Gasteiger partial charge in [-0.05, 0) is 46.2 Å². The number of rotatable bonds is 8. The van der Waals surface area contributed by atoms with E-state index in [1.807, 2.05) is 0 Å². The Morgan fingerprint density at radius 3 is 2.28 bits per heavy atom. The topological polar surface area (TPSA) is 18.5 Å². The molecule has 0 aromatic heterocycles. The van der Waals surface area contributed by atoms with E-state index in [1.54, 1.807) is 0 Å². The number of hydrogen-bond acceptors (Lipinski definition) is 3. The molecule has 2 unspecified atom stereocenters. The lowest BCUT2D eigenvalue weighted by Crippen LogP contribution is -2.49. The van der Waals surface area contributed by atoms with Gasteiger partial charge >= 0.3 is 0 Å². The smallest absolute Gasteiger partial charge is 0.0113 e. The first-order chi connectivity index (χ1) is 8.67. The second kappa shape index (κ2) is 8.89. The van der Waals surface area contributed by atoms with Crippen LogP contribution in [0.2, 0.25) is 0 Å². The molecule has 0 aliphatic carbocycles. The lowest BCUT2D eigenvalue weighted by Gasteiger charge is -2.38. The van der Waals surface area contributed by atoms with Crippen LogP contribution in [-0.2, 0) is 0 Å². The molecule has 3 nitrogen and oxygen atoms in total. The van der Waals surface area contributed by atoms with Gasteiger partial charge < -0.3 is 10.2 Å². The van der Waals surface area contributed by atoms with Crippen molar-refractivity contribution in [2.45, 2.75) is 59.0 Å². The Hall–Kier alpha value is -0.120. The quantitative estimate of drug-likeness (QED) is 0.717. The zero-order valence-corrected chi connectivity index (χ0v) is 12.9. The van der Waals surface area contributed by atoms with Gasteiger partial charge in [-0.1, -0.05) is 13.8 Å². The van der Waals surface area contributed by atoms with E-state index in [0.29, 0.717) is 6.04 Å². The predicted octanol–water partition coefficient (Wildman–Crippen LogP) is 2.18. The molecule has 1 aliphatic heterocycles. The molecule has 0 spiro atoms. The summed E-state index contributed by atoms with van der Waals surface area (Å²) in [4.78, 5) is 5.27. The number of hydrogen-bond donors (Lipinski definition) is 1. The van der Waals surface area contributed by atoms with Gasteiger partial charge in [-0.15, -0.1) is 0 Å². The highest BCUT2D eigenvalue weighted by atomic mass is 15.3. The Bertz CT molecular complexity index is 200. The van der Waals surface area contributed by atoms with Crippen molar-refractivity contribution in [2.24, 2.45) is 0 Å². The molecule has 2 atom stereocenters. The Balaban J connectivity index is 2.08. The number of piperazine rings is 1. The van der Waals surface area contributed by atoms with Gasteiger partial charge in [0.15, 0.2) is 0 Å². The van der Waals surface area contributed by atoms with E-state index < -0.39 is 0 Å². The number of nitrogens with one attached hydrogen (secondary N) is 1. The molecule has 1 saturated heterocycles. The fourth-order valence-corrected chi connectivity index (χ4v) is 2.76. The van der Waals surface area contributed by atoms with Crippen LogP contribution in [0, 0.1) is 0 Å². The summed E-state index contributed by atoms with van der Waals surface area (Å²) < 4.78 is 0. The van der Waals surface area contributed by atoms with Gasteiger partial charge in [-0.3, -0.25) is 4.90 Å². The van der Waals surface area contributed by atoms with Crippen molar-refractivity contribution in [2.75, 3.05) is 39.3 Å². The molecule has 0 aromatic carbocycles. The van der Waals surface area contributed by atoms with E-state index in [4.69, 9.17) is 0 Å². The molecule has 1 heterocycles. The molecule has 0 radical (unpaired) electrons. The molecular weight excluding hydrogens is 222 g/mol. The normalized spacial score (nSPS) is 22.0. The Labute approximate surface area is 114 Å². The minimum atomic E-state index is 0.677. The van der Waals surface area contributed by atoms with Gasteiger partial charge in [-0.25, -0.2) is 0 Å². The molecule has 0 amide bonds. The van der Waals surface area contributed by atoms with E-state index in [1.165, 1.54) is 52.0 Å². The van der Waals surface area contributed by atoms with Gasteiger partial charge in [0.1, 0.15) is 0 Å². The van der Waals surface area contributed by atoms with Gasteiger partial charge in [0.25, 0.3) is 0 Å². The van der Waals surface area contributed by atoms with Gasteiger partial charge in [0.2, 0.25) is 0 Å². The first-order valence-electron chi connectivity index (χ1n) is 7.87. The standard InChI is InChI=1S/C15H33N3/c1-5-15(4)18-12-10-17(11-13-18)9-7-8-14(3)16-6-2/h14-16H,5-13H2,1-4H3. The van der Waals surface area contributed by atoms with E-state index in [2.05, 4.69) is 42.8 Å². The van der Waals surface area contributed by atoms with Crippen molar-refractivity contribution in [3.05, 3.63) is 0 Å². The van der Waals surface area contributed by atoms with E-state index in [9.17, 15) is 0 Å². The minimum Gasteiger partial charge on any atom is -0.315 e. The maximum atomic E-state index is 3.49. The lowest BCUT2D eigenvalue weighted by atomic mass is 10.1. The van der Waals surface area contributed by atoms with Gasteiger partial charge in [-0.2, -0.15) is 0 Å². The average Bonchev–Trinajstić information content (AvgIpc) is 2.39. The lowest BCUT2D eigenvalue weighted by molar-refractivity contribution is 0.0991. The van der Waals surface area contributed by atoms with Gasteiger partial charge in [0, 0.05) is 38.3 Å². The van der Waals surface area contributed by atoms with Gasteiger partial charge in [0.05, 0.1) is 0 Å². The van der Waals surface area contributed by atoms with Crippen LogP contribution in [0.25, 0.3) is 0 Å². The second-order valence-electron chi connectivity index (χ2n) is 5.74. The maximum Gasteiger partial charge on any atom is 0.0113 e. The molecule has 18 heavy (non-hydrogen) atoms. The molecule has 1 aliphatic rings. The summed E-state index contributed by atoms with van der Waals surface area (Å²) in [5.41, 5.74) is 0. The van der Waals surface area contributed by atoms with Crippen molar-refractivity contribution in [1.29, 1.82) is 0 Å². The van der Waals surface area contributed by atoms with Crippen molar-refractivity contribution >= 4 is 0 Å². The third-order valence-corrected chi connectivity index (χ3v) is 4.29. The van der Waals surface area contributed by atoms with E-state index >= 15 is 0 Å². The van der Waals surface area contributed by atoms with E-state index in [0.717, 1.165) is 12.6 Å².